The molecule has 138 valence electrons. The fourth-order valence-electron chi connectivity index (χ4n) is 2.99. The topological polar surface area (TPSA) is 50.3 Å². The minimum absolute atomic E-state index is 0. The SMILES string of the molecule is CCC(C)Nc1ccc(N(c2ccccc2)C(C)CC)c(C)c1C.N. The van der Waals surface area contributed by atoms with Gasteiger partial charge in [0.15, 0.2) is 0 Å². The predicted octanol–water partition coefficient (Wildman–Crippen LogP) is 6.61. The molecule has 0 fully saturated rings. The highest BCUT2D eigenvalue weighted by Gasteiger charge is 2.19. The minimum Gasteiger partial charge on any atom is -0.382 e. The van der Waals surface area contributed by atoms with Gasteiger partial charge in [-0.15, -0.1) is 0 Å². The maximum absolute atomic E-state index is 3.63. The van der Waals surface area contributed by atoms with Gasteiger partial charge in [-0.3, -0.25) is 0 Å². The summed E-state index contributed by atoms with van der Waals surface area (Å²) in [5.41, 5.74) is 6.52. The third-order valence-electron chi connectivity index (χ3n) is 5.10. The average molecular weight is 342 g/mol. The summed E-state index contributed by atoms with van der Waals surface area (Å²) in [4.78, 5) is 2.47. The molecule has 0 amide bonds. The molecule has 0 aromatic heterocycles. The molecule has 2 rings (SSSR count). The Morgan fingerprint density at radius 3 is 2.08 bits per heavy atom. The number of hydrogen-bond donors (Lipinski definition) is 2. The first-order chi connectivity index (χ1) is 11.5. The number of benzene rings is 2. The lowest BCUT2D eigenvalue weighted by molar-refractivity contribution is 0.686. The fraction of sp³-hybridized carbons (Fsp3) is 0.455. The van der Waals surface area contributed by atoms with Crippen molar-refractivity contribution in [2.24, 2.45) is 0 Å². The maximum Gasteiger partial charge on any atom is 0.0447 e. The zero-order valence-electron chi connectivity index (χ0n) is 16.8. The van der Waals surface area contributed by atoms with Crippen LogP contribution >= 0.6 is 0 Å². The van der Waals surface area contributed by atoms with Gasteiger partial charge in [0.25, 0.3) is 0 Å². The largest absolute Gasteiger partial charge is 0.382 e. The highest BCUT2D eigenvalue weighted by molar-refractivity contribution is 5.72. The first kappa shape index (κ1) is 21.0. The standard InChI is InChI=1S/C22H32N2.H3N/c1-7-16(3)23-21-14-15-22(19(6)18(21)5)24(17(4)8-2)20-12-10-9-11-13-20;/h9-17,23H,7-8H2,1-6H3;1H3. The zero-order valence-corrected chi connectivity index (χ0v) is 16.8. The number of rotatable bonds is 7. The van der Waals surface area contributed by atoms with Gasteiger partial charge in [0, 0.05) is 29.1 Å². The summed E-state index contributed by atoms with van der Waals surface area (Å²) in [6, 6.07) is 16.2. The van der Waals surface area contributed by atoms with Crippen molar-refractivity contribution in [3.8, 4) is 0 Å². The van der Waals surface area contributed by atoms with Crippen molar-refractivity contribution in [1.82, 2.24) is 6.15 Å². The lowest BCUT2D eigenvalue weighted by Crippen LogP contribution is -2.28. The van der Waals surface area contributed by atoms with Gasteiger partial charge in [0.1, 0.15) is 0 Å². The van der Waals surface area contributed by atoms with E-state index in [2.05, 4.69) is 94.2 Å². The van der Waals surface area contributed by atoms with Gasteiger partial charge in [-0.2, -0.15) is 0 Å². The summed E-state index contributed by atoms with van der Waals surface area (Å²) >= 11 is 0. The number of anilines is 3. The van der Waals surface area contributed by atoms with E-state index in [1.54, 1.807) is 0 Å². The number of nitrogens with zero attached hydrogens (tertiary/aromatic N) is 1. The molecule has 0 aliphatic rings. The number of para-hydroxylation sites is 1. The van der Waals surface area contributed by atoms with Crippen LogP contribution in [0.15, 0.2) is 42.5 Å². The Kier molecular flexibility index (Phi) is 7.98. The molecule has 0 aliphatic carbocycles. The summed E-state index contributed by atoms with van der Waals surface area (Å²) in [5.74, 6) is 0. The highest BCUT2D eigenvalue weighted by Crippen LogP contribution is 2.35. The summed E-state index contributed by atoms with van der Waals surface area (Å²) in [5, 5.41) is 3.63. The van der Waals surface area contributed by atoms with Crippen LogP contribution in [0.2, 0.25) is 0 Å². The van der Waals surface area contributed by atoms with E-state index in [1.165, 1.54) is 28.2 Å². The molecular weight excluding hydrogens is 306 g/mol. The van der Waals surface area contributed by atoms with E-state index in [1.807, 2.05) is 0 Å². The van der Waals surface area contributed by atoms with Crippen LogP contribution in [0.1, 0.15) is 51.7 Å². The maximum atomic E-state index is 3.63. The predicted molar refractivity (Wildman–Crippen MR) is 113 cm³/mol. The molecule has 0 aliphatic heterocycles. The molecule has 25 heavy (non-hydrogen) atoms. The summed E-state index contributed by atoms with van der Waals surface area (Å²) in [6.45, 7) is 13.5. The Balaban J connectivity index is 0.00000312. The smallest absolute Gasteiger partial charge is 0.0447 e. The van der Waals surface area contributed by atoms with E-state index in [0.717, 1.165) is 12.8 Å². The van der Waals surface area contributed by atoms with Crippen LogP contribution in [0.3, 0.4) is 0 Å². The van der Waals surface area contributed by atoms with Crippen molar-refractivity contribution in [3.05, 3.63) is 53.6 Å². The molecule has 3 nitrogen and oxygen atoms in total. The lowest BCUT2D eigenvalue weighted by Gasteiger charge is -2.33. The first-order valence-corrected chi connectivity index (χ1v) is 9.20. The van der Waals surface area contributed by atoms with Crippen LogP contribution in [0.25, 0.3) is 0 Å². The van der Waals surface area contributed by atoms with Crippen molar-refractivity contribution in [2.75, 3.05) is 10.2 Å². The second kappa shape index (κ2) is 9.47. The second-order valence-electron chi connectivity index (χ2n) is 6.80. The highest BCUT2D eigenvalue weighted by atomic mass is 15.2. The lowest BCUT2D eigenvalue weighted by atomic mass is 10.0. The van der Waals surface area contributed by atoms with E-state index >= 15 is 0 Å². The van der Waals surface area contributed by atoms with Gasteiger partial charge in [-0.1, -0.05) is 32.0 Å². The quantitative estimate of drug-likeness (QED) is 0.595. The molecule has 3 heteroatoms. The monoisotopic (exact) mass is 341 g/mol. The molecule has 0 saturated carbocycles. The molecule has 0 saturated heterocycles. The molecule has 2 aromatic carbocycles. The Labute approximate surface area is 154 Å². The second-order valence-corrected chi connectivity index (χ2v) is 6.80. The van der Waals surface area contributed by atoms with Crippen molar-refractivity contribution in [3.63, 3.8) is 0 Å². The van der Waals surface area contributed by atoms with Crippen molar-refractivity contribution in [2.45, 2.75) is 66.5 Å². The number of hydrogen-bond acceptors (Lipinski definition) is 3. The van der Waals surface area contributed by atoms with Gasteiger partial charge in [0.05, 0.1) is 0 Å². The molecule has 0 bridgehead atoms. The van der Waals surface area contributed by atoms with Gasteiger partial charge in [-0.25, -0.2) is 0 Å². The average Bonchev–Trinajstić information content (AvgIpc) is 2.61. The van der Waals surface area contributed by atoms with Gasteiger partial charge in [-0.05, 0) is 75.9 Å². The molecule has 2 atom stereocenters. The van der Waals surface area contributed by atoms with Crippen LogP contribution < -0.4 is 16.4 Å². The summed E-state index contributed by atoms with van der Waals surface area (Å²) < 4.78 is 0. The van der Waals surface area contributed by atoms with Crippen molar-refractivity contribution >= 4 is 17.1 Å². The zero-order chi connectivity index (χ0) is 17.7. The van der Waals surface area contributed by atoms with Crippen molar-refractivity contribution < 1.29 is 0 Å². The van der Waals surface area contributed by atoms with E-state index in [4.69, 9.17) is 0 Å². The van der Waals surface area contributed by atoms with Crippen LogP contribution in [0.4, 0.5) is 17.1 Å². The summed E-state index contributed by atoms with van der Waals surface area (Å²) in [7, 11) is 0. The van der Waals surface area contributed by atoms with Gasteiger partial charge >= 0.3 is 0 Å². The van der Waals surface area contributed by atoms with Crippen LogP contribution in [0, 0.1) is 13.8 Å². The molecule has 4 N–H and O–H groups in total. The Bertz CT molecular complexity index is 652. The molecule has 0 spiro atoms. The minimum atomic E-state index is 0. The van der Waals surface area contributed by atoms with E-state index in [9.17, 15) is 0 Å². The van der Waals surface area contributed by atoms with Gasteiger partial charge < -0.3 is 16.4 Å². The summed E-state index contributed by atoms with van der Waals surface area (Å²) in [6.07, 6.45) is 2.24. The van der Waals surface area contributed by atoms with E-state index < -0.39 is 0 Å². The van der Waals surface area contributed by atoms with Crippen molar-refractivity contribution in [1.29, 1.82) is 0 Å². The van der Waals surface area contributed by atoms with Crippen LogP contribution in [-0.2, 0) is 0 Å². The van der Waals surface area contributed by atoms with E-state index in [-0.39, 0.29) is 6.15 Å². The Hall–Kier alpha value is -2.00. The van der Waals surface area contributed by atoms with E-state index in [0.29, 0.717) is 12.1 Å². The van der Waals surface area contributed by atoms with Crippen LogP contribution in [-0.4, -0.2) is 12.1 Å². The molecule has 0 radical (unpaired) electrons. The molecule has 2 aromatic rings. The third kappa shape index (κ3) is 4.76. The number of nitrogens with one attached hydrogen (secondary N) is 1. The van der Waals surface area contributed by atoms with Gasteiger partial charge in [0.2, 0.25) is 0 Å². The fourth-order valence-corrected chi connectivity index (χ4v) is 2.99. The van der Waals surface area contributed by atoms with Crippen LogP contribution in [0.5, 0.6) is 0 Å². The molecule has 2 unspecified atom stereocenters. The Morgan fingerprint density at radius 1 is 0.880 bits per heavy atom. The first-order valence-electron chi connectivity index (χ1n) is 9.20. The normalized spacial score (nSPS) is 12.9. The Morgan fingerprint density at radius 2 is 1.52 bits per heavy atom. The molecular formula is C22H35N3. The molecule has 0 heterocycles. The third-order valence-corrected chi connectivity index (χ3v) is 5.10.